The third-order valence-corrected chi connectivity index (χ3v) is 3.83. The molecule has 1 heterocycles. The van der Waals surface area contributed by atoms with Gasteiger partial charge in [-0.25, -0.2) is 4.98 Å². The summed E-state index contributed by atoms with van der Waals surface area (Å²) in [5.74, 6) is 0.473. The number of nitrogens with one attached hydrogen (secondary N) is 1. The second kappa shape index (κ2) is 7.81. The fraction of sp³-hybridized carbons (Fsp3) is 0.0476. The van der Waals surface area contributed by atoms with Gasteiger partial charge in [-0.15, -0.1) is 0 Å². The summed E-state index contributed by atoms with van der Waals surface area (Å²) in [5.41, 5.74) is 2.73. The Kier molecular flexibility index (Phi) is 5.11. The summed E-state index contributed by atoms with van der Waals surface area (Å²) >= 11 is 0. The predicted octanol–water partition coefficient (Wildman–Crippen LogP) is 4.18. The topological polar surface area (TPSA) is 98.8 Å². The van der Waals surface area contributed by atoms with E-state index in [2.05, 4.69) is 10.3 Å². The summed E-state index contributed by atoms with van der Waals surface area (Å²) in [5, 5.41) is 20.8. The number of carbonyl (C=O) groups excluding carboxylic acids is 1. The Balaban J connectivity index is 1.75. The van der Waals surface area contributed by atoms with E-state index in [9.17, 15) is 4.79 Å². The van der Waals surface area contributed by atoms with Crippen LogP contribution in [0, 0.1) is 29.6 Å². The van der Waals surface area contributed by atoms with Crippen molar-refractivity contribution in [3.05, 3.63) is 83.0 Å². The quantitative estimate of drug-likeness (QED) is 0.758. The van der Waals surface area contributed by atoms with Crippen molar-refractivity contribution in [1.82, 2.24) is 4.98 Å². The van der Waals surface area contributed by atoms with Crippen LogP contribution in [0.25, 0.3) is 0 Å². The van der Waals surface area contributed by atoms with Crippen molar-refractivity contribution in [2.24, 2.45) is 0 Å². The zero-order chi connectivity index (χ0) is 19.2. The van der Waals surface area contributed by atoms with Crippen LogP contribution in [0.3, 0.4) is 0 Å². The fourth-order valence-corrected chi connectivity index (χ4v) is 2.40. The Hall–Kier alpha value is -4.16. The maximum atomic E-state index is 12.4. The largest absolute Gasteiger partial charge is 0.438 e. The lowest BCUT2D eigenvalue weighted by Crippen LogP contribution is -2.12. The predicted molar refractivity (Wildman–Crippen MR) is 99.3 cm³/mol. The first kappa shape index (κ1) is 17.7. The highest BCUT2D eigenvalue weighted by Gasteiger charge is 2.10. The van der Waals surface area contributed by atoms with Crippen LogP contribution >= 0.6 is 0 Å². The van der Waals surface area contributed by atoms with E-state index < -0.39 is 0 Å². The number of nitriles is 2. The molecule has 0 saturated heterocycles. The van der Waals surface area contributed by atoms with Gasteiger partial charge in [0, 0.05) is 17.4 Å². The van der Waals surface area contributed by atoms with Crippen molar-refractivity contribution in [3.63, 3.8) is 0 Å². The number of hydrogen-bond donors (Lipinski definition) is 1. The normalized spacial score (nSPS) is 9.74. The molecule has 0 aliphatic carbocycles. The monoisotopic (exact) mass is 354 g/mol. The number of benzene rings is 2. The summed E-state index contributed by atoms with van der Waals surface area (Å²) in [6.45, 7) is 1.84. The van der Waals surface area contributed by atoms with Crippen molar-refractivity contribution in [2.75, 3.05) is 5.32 Å². The Bertz CT molecular complexity index is 1080. The molecule has 1 amide bonds. The van der Waals surface area contributed by atoms with E-state index >= 15 is 0 Å². The van der Waals surface area contributed by atoms with Crippen LogP contribution in [0.1, 0.15) is 27.0 Å². The molecule has 1 N–H and O–H groups in total. The minimum Gasteiger partial charge on any atom is -0.438 e. The molecule has 6 heteroatoms. The summed E-state index contributed by atoms with van der Waals surface area (Å²) in [4.78, 5) is 16.4. The van der Waals surface area contributed by atoms with Crippen LogP contribution in [0.15, 0.2) is 60.8 Å². The summed E-state index contributed by atoms with van der Waals surface area (Å²) in [6.07, 6.45) is 1.55. The average molecular weight is 354 g/mol. The minimum atomic E-state index is -0.271. The molecule has 3 aromatic rings. The minimum absolute atomic E-state index is 0.230. The zero-order valence-electron chi connectivity index (χ0n) is 14.4. The Morgan fingerprint density at radius 1 is 1.07 bits per heavy atom. The molecule has 0 unspecified atom stereocenters. The molecule has 130 valence electrons. The molecule has 2 aromatic carbocycles. The molecule has 27 heavy (non-hydrogen) atoms. The van der Waals surface area contributed by atoms with Gasteiger partial charge in [-0.1, -0.05) is 0 Å². The molecule has 0 atom stereocenters. The number of aromatic nitrogens is 1. The first-order chi connectivity index (χ1) is 13.1. The second-order valence-electron chi connectivity index (χ2n) is 5.69. The van der Waals surface area contributed by atoms with Crippen molar-refractivity contribution in [2.45, 2.75) is 6.92 Å². The van der Waals surface area contributed by atoms with Gasteiger partial charge in [0.2, 0.25) is 5.88 Å². The third-order valence-electron chi connectivity index (χ3n) is 3.83. The van der Waals surface area contributed by atoms with Crippen LogP contribution in [0.2, 0.25) is 0 Å². The van der Waals surface area contributed by atoms with Gasteiger partial charge < -0.3 is 10.1 Å². The lowest BCUT2D eigenvalue weighted by Gasteiger charge is -2.11. The molecule has 0 radical (unpaired) electrons. The highest BCUT2D eigenvalue weighted by atomic mass is 16.5. The fourth-order valence-electron chi connectivity index (χ4n) is 2.40. The first-order valence-electron chi connectivity index (χ1n) is 8.06. The van der Waals surface area contributed by atoms with E-state index in [0.717, 1.165) is 5.56 Å². The number of hydrogen-bond acceptors (Lipinski definition) is 5. The van der Waals surface area contributed by atoms with Crippen molar-refractivity contribution >= 4 is 11.6 Å². The number of rotatable bonds is 4. The molecular formula is C21H14N4O2. The average Bonchev–Trinajstić information content (AvgIpc) is 2.70. The Morgan fingerprint density at radius 3 is 2.52 bits per heavy atom. The van der Waals surface area contributed by atoms with E-state index in [0.29, 0.717) is 28.1 Å². The van der Waals surface area contributed by atoms with E-state index in [-0.39, 0.29) is 11.8 Å². The zero-order valence-corrected chi connectivity index (χ0v) is 14.4. The second-order valence-corrected chi connectivity index (χ2v) is 5.69. The molecule has 0 aliphatic heterocycles. The van der Waals surface area contributed by atoms with E-state index in [1.54, 1.807) is 60.8 Å². The molecule has 0 aliphatic rings. The molecule has 1 aromatic heterocycles. The Labute approximate surface area is 156 Å². The van der Waals surface area contributed by atoms with Crippen molar-refractivity contribution in [1.29, 1.82) is 10.5 Å². The highest BCUT2D eigenvalue weighted by Crippen LogP contribution is 2.27. The summed E-state index contributed by atoms with van der Waals surface area (Å²) in [6, 6.07) is 18.9. The number of ether oxygens (including phenoxy) is 1. The number of anilines is 1. The van der Waals surface area contributed by atoms with Gasteiger partial charge in [0.05, 0.1) is 11.6 Å². The van der Waals surface area contributed by atoms with Gasteiger partial charge in [-0.2, -0.15) is 10.5 Å². The lowest BCUT2D eigenvalue weighted by atomic mass is 10.1. The van der Waals surface area contributed by atoms with Crippen LogP contribution in [-0.4, -0.2) is 10.9 Å². The van der Waals surface area contributed by atoms with E-state index in [1.807, 2.05) is 19.1 Å². The standard InChI is InChI=1S/C21H14N4O2/c1-14-11-18(27-21-17(13-23)3-2-10-24-21)8-9-19(14)25-20(26)16-6-4-15(12-22)5-7-16/h2-11H,1H3,(H,25,26). The number of carbonyl (C=O) groups is 1. The number of pyridine rings is 1. The first-order valence-corrected chi connectivity index (χ1v) is 8.06. The molecule has 3 rings (SSSR count). The SMILES string of the molecule is Cc1cc(Oc2ncccc2C#N)ccc1NC(=O)c1ccc(C#N)cc1. The lowest BCUT2D eigenvalue weighted by molar-refractivity contribution is 0.102. The van der Waals surface area contributed by atoms with Gasteiger partial charge in [-0.3, -0.25) is 4.79 Å². The smallest absolute Gasteiger partial charge is 0.255 e. The van der Waals surface area contributed by atoms with Crippen molar-refractivity contribution in [3.8, 4) is 23.8 Å². The van der Waals surface area contributed by atoms with Gasteiger partial charge in [0.1, 0.15) is 17.4 Å². The summed E-state index contributed by atoms with van der Waals surface area (Å²) < 4.78 is 5.67. The number of aryl methyl sites for hydroxylation is 1. The van der Waals surface area contributed by atoms with Crippen LogP contribution in [-0.2, 0) is 0 Å². The number of amides is 1. The van der Waals surface area contributed by atoms with Gasteiger partial charge in [0.25, 0.3) is 5.91 Å². The molecule has 0 fully saturated rings. The molecule has 0 spiro atoms. The van der Waals surface area contributed by atoms with Crippen LogP contribution in [0.5, 0.6) is 11.6 Å². The third kappa shape index (κ3) is 4.09. The Morgan fingerprint density at radius 2 is 1.85 bits per heavy atom. The highest BCUT2D eigenvalue weighted by molar-refractivity contribution is 6.04. The van der Waals surface area contributed by atoms with Crippen molar-refractivity contribution < 1.29 is 9.53 Å². The molecule has 0 saturated carbocycles. The van der Waals surface area contributed by atoms with Gasteiger partial charge in [0.15, 0.2) is 0 Å². The molecule has 6 nitrogen and oxygen atoms in total. The van der Waals surface area contributed by atoms with Gasteiger partial charge >= 0.3 is 0 Å². The summed E-state index contributed by atoms with van der Waals surface area (Å²) in [7, 11) is 0. The van der Waals surface area contributed by atoms with Gasteiger partial charge in [-0.05, 0) is 67.1 Å². The maximum absolute atomic E-state index is 12.4. The van der Waals surface area contributed by atoms with E-state index in [1.165, 1.54) is 0 Å². The van der Waals surface area contributed by atoms with Crippen LogP contribution < -0.4 is 10.1 Å². The van der Waals surface area contributed by atoms with E-state index in [4.69, 9.17) is 15.3 Å². The molecular weight excluding hydrogens is 340 g/mol. The maximum Gasteiger partial charge on any atom is 0.255 e. The van der Waals surface area contributed by atoms with Crippen LogP contribution in [0.4, 0.5) is 5.69 Å². The molecule has 0 bridgehead atoms. The number of nitrogens with zero attached hydrogens (tertiary/aromatic N) is 3.